The molecular formula is C12H17N3O. The molecule has 0 unspecified atom stereocenters. The standard InChI is InChI=1S/C12H17N3O/c1-2-15(8-9-3-4-9)12(16)11-7-10(13)5-6-14-11/h5-7,9H,2-4,8H2,1H3,(H2,13,14). The first-order chi connectivity index (χ1) is 7.70. The molecule has 0 radical (unpaired) electrons. The van der Waals surface area contributed by atoms with Gasteiger partial charge < -0.3 is 10.6 Å². The molecule has 1 aliphatic carbocycles. The molecule has 1 aromatic heterocycles. The van der Waals surface area contributed by atoms with E-state index in [2.05, 4.69) is 4.98 Å². The Balaban J connectivity index is 2.09. The number of carbonyl (C=O) groups excluding carboxylic acids is 1. The third kappa shape index (κ3) is 2.51. The molecule has 0 bridgehead atoms. The van der Waals surface area contributed by atoms with Gasteiger partial charge in [-0.15, -0.1) is 0 Å². The SMILES string of the molecule is CCN(CC1CC1)C(=O)c1cc(N)ccn1. The van der Waals surface area contributed by atoms with E-state index in [1.807, 2.05) is 11.8 Å². The average Bonchev–Trinajstić information content (AvgIpc) is 3.09. The van der Waals surface area contributed by atoms with Gasteiger partial charge in [0.05, 0.1) is 0 Å². The molecule has 2 rings (SSSR count). The van der Waals surface area contributed by atoms with Crippen LogP contribution in [0.2, 0.25) is 0 Å². The smallest absolute Gasteiger partial charge is 0.272 e. The molecule has 1 heterocycles. The predicted octanol–water partition coefficient (Wildman–Crippen LogP) is 1.54. The largest absolute Gasteiger partial charge is 0.399 e. The maximum Gasteiger partial charge on any atom is 0.272 e. The normalized spacial score (nSPS) is 14.8. The first-order valence-corrected chi connectivity index (χ1v) is 5.71. The summed E-state index contributed by atoms with van der Waals surface area (Å²) in [5.74, 6) is 0.687. The second kappa shape index (κ2) is 4.51. The van der Waals surface area contributed by atoms with E-state index >= 15 is 0 Å². The first-order valence-electron chi connectivity index (χ1n) is 5.71. The summed E-state index contributed by atoms with van der Waals surface area (Å²) in [4.78, 5) is 18.0. The Kier molecular flexibility index (Phi) is 3.08. The highest BCUT2D eigenvalue weighted by Crippen LogP contribution is 2.30. The molecule has 1 amide bonds. The van der Waals surface area contributed by atoms with Crippen LogP contribution in [0.1, 0.15) is 30.3 Å². The number of rotatable bonds is 4. The zero-order valence-electron chi connectivity index (χ0n) is 9.52. The van der Waals surface area contributed by atoms with Crippen molar-refractivity contribution in [1.29, 1.82) is 0 Å². The molecule has 0 aromatic carbocycles. The van der Waals surface area contributed by atoms with Gasteiger partial charge in [0.25, 0.3) is 5.91 Å². The van der Waals surface area contributed by atoms with Crippen LogP contribution in [-0.4, -0.2) is 28.9 Å². The number of carbonyl (C=O) groups is 1. The monoisotopic (exact) mass is 219 g/mol. The van der Waals surface area contributed by atoms with Gasteiger partial charge in [-0.05, 0) is 37.8 Å². The molecule has 0 aliphatic heterocycles. The maximum atomic E-state index is 12.1. The summed E-state index contributed by atoms with van der Waals surface area (Å²) in [5.41, 5.74) is 6.67. The lowest BCUT2D eigenvalue weighted by Gasteiger charge is -2.20. The molecule has 0 spiro atoms. The maximum absolute atomic E-state index is 12.1. The van der Waals surface area contributed by atoms with Gasteiger partial charge in [0.15, 0.2) is 0 Å². The second-order valence-electron chi connectivity index (χ2n) is 4.26. The van der Waals surface area contributed by atoms with E-state index in [1.165, 1.54) is 12.8 Å². The van der Waals surface area contributed by atoms with Crippen LogP contribution in [0.5, 0.6) is 0 Å². The lowest BCUT2D eigenvalue weighted by atomic mass is 10.2. The topological polar surface area (TPSA) is 59.2 Å². The number of hydrogen-bond donors (Lipinski definition) is 1. The Hall–Kier alpha value is -1.58. The van der Waals surface area contributed by atoms with E-state index in [0.29, 0.717) is 17.3 Å². The van der Waals surface area contributed by atoms with Crippen molar-refractivity contribution in [2.45, 2.75) is 19.8 Å². The lowest BCUT2D eigenvalue weighted by Crippen LogP contribution is -2.33. The van der Waals surface area contributed by atoms with Crippen LogP contribution < -0.4 is 5.73 Å². The Morgan fingerprint density at radius 1 is 1.62 bits per heavy atom. The number of amides is 1. The minimum absolute atomic E-state index is 0.0123. The molecule has 0 atom stereocenters. The summed E-state index contributed by atoms with van der Waals surface area (Å²) in [6, 6.07) is 3.33. The summed E-state index contributed by atoms with van der Waals surface area (Å²) in [7, 11) is 0. The van der Waals surface area contributed by atoms with Crippen LogP contribution in [0.3, 0.4) is 0 Å². The summed E-state index contributed by atoms with van der Waals surface area (Å²) in [5, 5.41) is 0. The van der Waals surface area contributed by atoms with Gasteiger partial charge in [-0.1, -0.05) is 0 Å². The van der Waals surface area contributed by atoms with E-state index in [0.717, 1.165) is 13.1 Å². The van der Waals surface area contributed by atoms with E-state index in [1.54, 1.807) is 18.3 Å². The summed E-state index contributed by atoms with van der Waals surface area (Å²) < 4.78 is 0. The molecular weight excluding hydrogens is 202 g/mol. The third-order valence-corrected chi connectivity index (χ3v) is 2.85. The lowest BCUT2D eigenvalue weighted by molar-refractivity contribution is 0.0751. The van der Waals surface area contributed by atoms with Gasteiger partial charge >= 0.3 is 0 Å². The minimum Gasteiger partial charge on any atom is -0.399 e. The number of aromatic nitrogens is 1. The van der Waals surface area contributed by atoms with Crippen molar-refractivity contribution >= 4 is 11.6 Å². The van der Waals surface area contributed by atoms with Crippen molar-refractivity contribution in [1.82, 2.24) is 9.88 Å². The summed E-state index contributed by atoms with van der Waals surface area (Å²) >= 11 is 0. The Morgan fingerprint density at radius 2 is 2.38 bits per heavy atom. The van der Waals surface area contributed by atoms with Crippen LogP contribution in [-0.2, 0) is 0 Å². The van der Waals surface area contributed by atoms with E-state index < -0.39 is 0 Å². The third-order valence-electron chi connectivity index (χ3n) is 2.85. The highest BCUT2D eigenvalue weighted by atomic mass is 16.2. The van der Waals surface area contributed by atoms with Crippen molar-refractivity contribution in [2.75, 3.05) is 18.8 Å². The van der Waals surface area contributed by atoms with Crippen LogP contribution in [0.4, 0.5) is 5.69 Å². The van der Waals surface area contributed by atoms with Crippen LogP contribution in [0.15, 0.2) is 18.3 Å². The molecule has 4 nitrogen and oxygen atoms in total. The molecule has 1 fully saturated rings. The molecule has 86 valence electrons. The Bertz CT molecular complexity index is 388. The van der Waals surface area contributed by atoms with Crippen molar-refractivity contribution < 1.29 is 4.79 Å². The number of nitrogens with two attached hydrogens (primary N) is 1. The molecule has 0 saturated heterocycles. The zero-order chi connectivity index (χ0) is 11.5. The van der Waals surface area contributed by atoms with Crippen LogP contribution in [0, 0.1) is 5.92 Å². The fourth-order valence-electron chi connectivity index (χ4n) is 1.69. The van der Waals surface area contributed by atoms with Gasteiger partial charge in [0, 0.05) is 25.0 Å². The van der Waals surface area contributed by atoms with Crippen molar-refractivity contribution in [3.8, 4) is 0 Å². The number of nitrogen functional groups attached to an aromatic ring is 1. The van der Waals surface area contributed by atoms with Crippen molar-refractivity contribution in [3.63, 3.8) is 0 Å². The first kappa shape index (κ1) is 10.9. The van der Waals surface area contributed by atoms with Crippen molar-refractivity contribution in [2.24, 2.45) is 5.92 Å². The molecule has 1 saturated carbocycles. The highest BCUT2D eigenvalue weighted by molar-refractivity contribution is 5.93. The van der Waals surface area contributed by atoms with Gasteiger partial charge in [-0.25, -0.2) is 0 Å². The van der Waals surface area contributed by atoms with Gasteiger partial charge in [0.1, 0.15) is 5.69 Å². The molecule has 1 aromatic rings. The van der Waals surface area contributed by atoms with Crippen LogP contribution >= 0.6 is 0 Å². The zero-order valence-corrected chi connectivity index (χ0v) is 9.52. The van der Waals surface area contributed by atoms with Gasteiger partial charge in [0.2, 0.25) is 0 Å². The van der Waals surface area contributed by atoms with E-state index in [9.17, 15) is 4.79 Å². The van der Waals surface area contributed by atoms with E-state index in [-0.39, 0.29) is 5.91 Å². The summed E-state index contributed by atoms with van der Waals surface area (Å²) in [6.07, 6.45) is 4.07. The van der Waals surface area contributed by atoms with Gasteiger partial charge in [-0.3, -0.25) is 9.78 Å². The highest BCUT2D eigenvalue weighted by Gasteiger charge is 2.26. The van der Waals surface area contributed by atoms with Crippen molar-refractivity contribution in [3.05, 3.63) is 24.0 Å². The quantitative estimate of drug-likeness (QED) is 0.835. The molecule has 16 heavy (non-hydrogen) atoms. The summed E-state index contributed by atoms with van der Waals surface area (Å²) in [6.45, 7) is 3.57. The van der Waals surface area contributed by atoms with E-state index in [4.69, 9.17) is 5.73 Å². The van der Waals surface area contributed by atoms with Crippen LogP contribution in [0.25, 0.3) is 0 Å². The molecule has 2 N–H and O–H groups in total. The minimum atomic E-state index is -0.0123. The number of pyridine rings is 1. The number of hydrogen-bond acceptors (Lipinski definition) is 3. The Labute approximate surface area is 95.5 Å². The Morgan fingerprint density at radius 3 is 2.94 bits per heavy atom. The molecule has 4 heteroatoms. The fourth-order valence-corrected chi connectivity index (χ4v) is 1.69. The number of anilines is 1. The fraction of sp³-hybridized carbons (Fsp3) is 0.500. The molecule has 1 aliphatic rings. The van der Waals surface area contributed by atoms with Gasteiger partial charge in [-0.2, -0.15) is 0 Å². The number of nitrogens with zero attached hydrogens (tertiary/aromatic N) is 2. The average molecular weight is 219 g/mol. The predicted molar refractivity (Wildman–Crippen MR) is 63.0 cm³/mol. The second-order valence-corrected chi connectivity index (χ2v) is 4.26.